The molecule has 0 radical (unpaired) electrons. The number of hydrogen-bond acceptors (Lipinski definition) is 6. The quantitative estimate of drug-likeness (QED) is 0.192. The summed E-state index contributed by atoms with van der Waals surface area (Å²) in [5.74, 6) is -3.09. The molecule has 1 heterocycles. The monoisotopic (exact) mass is 517 g/mol. The van der Waals surface area contributed by atoms with Crippen LogP contribution in [0, 0.1) is 11.8 Å². The molecule has 2 rings (SSSR count). The van der Waals surface area contributed by atoms with Gasteiger partial charge in [-0.2, -0.15) is 0 Å². The Bertz CT molecular complexity index is 1080. The molecule has 11 heteroatoms. The summed E-state index contributed by atoms with van der Waals surface area (Å²) in [6, 6.07) is 2.92. The minimum Gasteiger partial charge on any atom is -0.480 e. The van der Waals surface area contributed by atoms with Crippen molar-refractivity contribution in [3.63, 3.8) is 0 Å². The summed E-state index contributed by atoms with van der Waals surface area (Å²) in [7, 11) is 0. The van der Waals surface area contributed by atoms with E-state index in [1.807, 2.05) is 52.0 Å². The average molecular weight is 518 g/mol. The third-order valence-corrected chi connectivity index (χ3v) is 5.93. The molecule has 0 aliphatic heterocycles. The first-order chi connectivity index (χ1) is 17.4. The fourth-order valence-corrected chi connectivity index (χ4v) is 4.05. The first kappa shape index (κ1) is 29.8. The Morgan fingerprint density at radius 3 is 2.03 bits per heavy atom. The molecule has 0 spiro atoms. The summed E-state index contributed by atoms with van der Waals surface area (Å²) in [5, 5.41) is 27.7. The third-order valence-electron chi connectivity index (χ3n) is 5.93. The maximum absolute atomic E-state index is 13.2. The van der Waals surface area contributed by atoms with E-state index in [1.165, 1.54) is 0 Å². The highest BCUT2D eigenvalue weighted by molar-refractivity contribution is 5.95. The highest BCUT2D eigenvalue weighted by Crippen LogP contribution is 2.19. The van der Waals surface area contributed by atoms with E-state index in [0.717, 1.165) is 16.5 Å². The van der Waals surface area contributed by atoms with Gasteiger partial charge < -0.3 is 36.9 Å². The van der Waals surface area contributed by atoms with Crippen LogP contribution in [0.15, 0.2) is 30.5 Å². The van der Waals surface area contributed by atoms with Crippen LogP contribution in [0.3, 0.4) is 0 Å². The number of aromatic nitrogens is 1. The van der Waals surface area contributed by atoms with Gasteiger partial charge in [0.1, 0.15) is 18.1 Å². The summed E-state index contributed by atoms with van der Waals surface area (Å²) in [6.07, 6.45) is 2.37. The number of benzene rings is 1. The number of rotatable bonds is 14. The Kier molecular flexibility index (Phi) is 11.1. The normalized spacial score (nSPS) is 14.7. The molecule has 0 fully saturated rings. The molecule has 204 valence electrons. The number of fused-ring (bicyclic) bond motifs is 1. The number of aromatic amines is 1. The second-order valence-corrected chi connectivity index (χ2v) is 10.1. The van der Waals surface area contributed by atoms with Crippen molar-refractivity contribution in [1.82, 2.24) is 20.9 Å². The summed E-state index contributed by atoms with van der Waals surface area (Å²) in [6.45, 7) is 6.78. The number of carbonyl (C=O) groups is 4. The number of carboxylic acid groups (broad SMARTS) is 1. The molecule has 0 aliphatic rings. The van der Waals surface area contributed by atoms with E-state index in [2.05, 4.69) is 20.9 Å². The van der Waals surface area contributed by atoms with Crippen molar-refractivity contribution in [2.45, 2.75) is 71.1 Å². The Balaban J connectivity index is 2.25. The number of hydrogen-bond donors (Lipinski definition) is 7. The van der Waals surface area contributed by atoms with Crippen molar-refractivity contribution in [3.8, 4) is 0 Å². The van der Waals surface area contributed by atoms with Crippen molar-refractivity contribution >= 4 is 34.6 Å². The third kappa shape index (κ3) is 8.87. The van der Waals surface area contributed by atoms with Crippen molar-refractivity contribution in [3.05, 3.63) is 36.0 Å². The summed E-state index contributed by atoms with van der Waals surface area (Å²) in [5.41, 5.74) is 7.46. The summed E-state index contributed by atoms with van der Waals surface area (Å²) >= 11 is 0. The maximum Gasteiger partial charge on any atom is 0.326 e. The standard InChI is InChI=1S/C26H39N5O6/c1-14(2)9-18(27)23(33)31-22(13-32)25(35)29-20(24(34)30-21(26(36)37)10-15(3)4)11-16-12-28-19-8-6-5-7-17(16)19/h5-8,12,14-15,18,20-22,28,32H,9-11,13,27H2,1-4H3,(H,29,35)(H,30,34)(H,31,33)(H,36,37). The second kappa shape index (κ2) is 13.8. The van der Waals surface area contributed by atoms with E-state index in [1.54, 1.807) is 6.20 Å². The second-order valence-electron chi connectivity index (χ2n) is 10.1. The number of nitrogens with one attached hydrogen (secondary N) is 4. The van der Waals surface area contributed by atoms with Crippen LogP contribution < -0.4 is 21.7 Å². The molecule has 0 bridgehead atoms. The van der Waals surface area contributed by atoms with E-state index < -0.39 is 54.5 Å². The van der Waals surface area contributed by atoms with Gasteiger partial charge in [0.25, 0.3) is 0 Å². The van der Waals surface area contributed by atoms with Gasteiger partial charge in [0, 0.05) is 23.5 Å². The number of aliphatic carboxylic acids is 1. The number of aliphatic hydroxyl groups is 1. The van der Waals surface area contributed by atoms with E-state index in [0.29, 0.717) is 6.42 Å². The van der Waals surface area contributed by atoms with E-state index >= 15 is 0 Å². The summed E-state index contributed by atoms with van der Waals surface area (Å²) in [4.78, 5) is 53.5. The molecular formula is C26H39N5O6. The fraction of sp³-hybridized carbons (Fsp3) is 0.538. The number of amides is 3. The van der Waals surface area contributed by atoms with Gasteiger partial charge in [-0.3, -0.25) is 14.4 Å². The van der Waals surface area contributed by atoms with Crippen LogP contribution in [0.1, 0.15) is 46.1 Å². The SMILES string of the molecule is CC(C)CC(N)C(=O)NC(CO)C(=O)NC(Cc1c[nH]c2ccccc12)C(=O)NC(CC(C)C)C(=O)O. The molecule has 3 amide bonds. The zero-order valence-electron chi connectivity index (χ0n) is 21.8. The number of aliphatic hydroxyl groups excluding tert-OH is 1. The first-order valence-corrected chi connectivity index (χ1v) is 12.5. The number of carboxylic acids is 1. The van der Waals surface area contributed by atoms with Gasteiger partial charge in [-0.25, -0.2) is 4.79 Å². The Hall–Kier alpha value is -3.44. The van der Waals surface area contributed by atoms with Crippen molar-refractivity contribution in [2.24, 2.45) is 17.6 Å². The Labute approximate surface area is 216 Å². The van der Waals surface area contributed by atoms with Crippen molar-refractivity contribution < 1.29 is 29.4 Å². The molecule has 1 aromatic carbocycles. The Morgan fingerprint density at radius 1 is 0.865 bits per heavy atom. The molecule has 4 atom stereocenters. The van der Waals surface area contributed by atoms with Gasteiger partial charge in [-0.05, 0) is 36.3 Å². The zero-order chi connectivity index (χ0) is 27.7. The van der Waals surface area contributed by atoms with Crippen LogP contribution in [0.4, 0.5) is 0 Å². The van der Waals surface area contributed by atoms with E-state index in [4.69, 9.17) is 5.73 Å². The highest BCUT2D eigenvalue weighted by Gasteiger charge is 2.31. The zero-order valence-corrected chi connectivity index (χ0v) is 21.8. The van der Waals surface area contributed by atoms with Crippen LogP contribution in [-0.2, 0) is 25.6 Å². The fourth-order valence-electron chi connectivity index (χ4n) is 4.05. The predicted octanol–water partition coefficient (Wildman–Crippen LogP) is 0.661. The topological polar surface area (TPSA) is 187 Å². The molecule has 0 aliphatic carbocycles. The van der Waals surface area contributed by atoms with E-state index in [-0.39, 0.29) is 24.7 Å². The maximum atomic E-state index is 13.2. The molecule has 11 nitrogen and oxygen atoms in total. The van der Waals surface area contributed by atoms with Crippen LogP contribution in [0.5, 0.6) is 0 Å². The smallest absolute Gasteiger partial charge is 0.326 e. The lowest BCUT2D eigenvalue weighted by Gasteiger charge is -2.25. The number of nitrogens with two attached hydrogens (primary N) is 1. The lowest BCUT2D eigenvalue weighted by molar-refractivity contribution is -0.142. The average Bonchev–Trinajstić information content (AvgIpc) is 3.23. The molecule has 37 heavy (non-hydrogen) atoms. The molecule has 0 saturated heterocycles. The Morgan fingerprint density at radius 2 is 1.43 bits per heavy atom. The van der Waals surface area contributed by atoms with Crippen LogP contribution in [-0.4, -0.2) is 69.7 Å². The van der Waals surface area contributed by atoms with Crippen LogP contribution in [0.25, 0.3) is 10.9 Å². The summed E-state index contributed by atoms with van der Waals surface area (Å²) < 4.78 is 0. The number of H-pyrrole nitrogens is 1. The lowest BCUT2D eigenvalue weighted by Crippen LogP contribution is -2.58. The molecule has 0 saturated carbocycles. The molecular weight excluding hydrogens is 478 g/mol. The predicted molar refractivity (Wildman–Crippen MR) is 139 cm³/mol. The van der Waals surface area contributed by atoms with Crippen LogP contribution in [0.2, 0.25) is 0 Å². The van der Waals surface area contributed by atoms with Crippen molar-refractivity contribution in [2.75, 3.05) is 6.61 Å². The van der Waals surface area contributed by atoms with Gasteiger partial charge in [0.2, 0.25) is 17.7 Å². The van der Waals surface area contributed by atoms with Gasteiger partial charge in [0.15, 0.2) is 0 Å². The molecule has 8 N–H and O–H groups in total. The lowest BCUT2D eigenvalue weighted by atomic mass is 10.0. The number of carbonyl (C=O) groups excluding carboxylic acids is 3. The van der Waals surface area contributed by atoms with Gasteiger partial charge in [0.05, 0.1) is 12.6 Å². The molecule has 2 aromatic rings. The van der Waals surface area contributed by atoms with Gasteiger partial charge in [-0.15, -0.1) is 0 Å². The first-order valence-electron chi connectivity index (χ1n) is 12.5. The minimum atomic E-state index is -1.34. The van der Waals surface area contributed by atoms with Crippen LogP contribution >= 0.6 is 0 Å². The largest absolute Gasteiger partial charge is 0.480 e. The van der Waals surface area contributed by atoms with Crippen molar-refractivity contribution in [1.29, 1.82) is 0 Å². The molecule has 1 aromatic heterocycles. The van der Waals surface area contributed by atoms with Gasteiger partial charge in [-0.1, -0.05) is 45.9 Å². The minimum absolute atomic E-state index is 0.00656. The van der Waals surface area contributed by atoms with E-state index in [9.17, 15) is 29.4 Å². The number of para-hydroxylation sites is 1. The molecule has 4 unspecified atom stereocenters. The van der Waals surface area contributed by atoms with Gasteiger partial charge >= 0.3 is 5.97 Å². The highest BCUT2D eigenvalue weighted by atomic mass is 16.4.